The molecule has 6 heteroatoms. The van der Waals surface area contributed by atoms with Crippen molar-refractivity contribution in [3.63, 3.8) is 0 Å². The highest BCUT2D eigenvalue weighted by Gasteiger charge is 2.12. The lowest BCUT2D eigenvalue weighted by Gasteiger charge is -2.11. The van der Waals surface area contributed by atoms with Crippen LogP contribution in [0.15, 0.2) is 63.8 Å². The molecule has 1 amide bonds. The highest BCUT2D eigenvalue weighted by atomic mass is 19.1. The zero-order valence-corrected chi connectivity index (χ0v) is 15.9. The van der Waals surface area contributed by atoms with E-state index in [9.17, 15) is 14.0 Å². The van der Waals surface area contributed by atoms with Gasteiger partial charge in [0.2, 0.25) is 5.43 Å². The highest BCUT2D eigenvalue weighted by molar-refractivity contribution is 5.96. The number of anilines is 1. The minimum atomic E-state index is -0.613. The third-order valence-electron chi connectivity index (χ3n) is 4.85. The molecule has 29 heavy (non-hydrogen) atoms. The molecule has 146 valence electrons. The molecule has 4 rings (SSSR count). The molecule has 0 aliphatic rings. The first-order valence-corrected chi connectivity index (χ1v) is 9.08. The van der Waals surface area contributed by atoms with Gasteiger partial charge in [-0.1, -0.05) is 18.2 Å². The zero-order valence-electron chi connectivity index (χ0n) is 15.9. The van der Waals surface area contributed by atoms with E-state index in [-0.39, 0.29) is 34.5 Å². The van der Waals surface area contributed by atoms with Crippen LogP contribution in [0.1, 0.15) is 11.1 Å². The molecule has 3 aromatic carbocycles. The Balaban J connectivity index is 1.57. The maximum Gasteiger partial charge on any atom is 0.262 e. The van der Waals surface area contributed by atoms with Gasteiger partial charge in [-0.2, -0.15) is 0 Å². The number of ether oxygens (including phenoxy) is 1. The number of nitrogens with one attached hydrogen (secondary N) is 1. The quantitative estimate of drug-likeness (QED) is 0.511. The van der Waals surface area contributed by atoms with E-state index in [4.69, 9.17) is 9.15 Å². The number of rotatable bonds is 4. The smallest absolute Gasteiger partial charge is 0.262 e. The number of aryl methyl sites for hydroxylation is 1. The molecule has 0 fully saturated rings. The number of hydrogen-bond acceptors (Lipinski definition) is 4. The van der Waals surface area contributed by atoms with Gasteiger partial charge in [0.25, 0.3) is 5.91 Å². The lowest BCUT2D eigenvalue weighted by atomic mass is 10.1. The Bertz CT molecular complexity index is 1310. The van der Waals surface area contributed by atoms with E-state index in [1.54, 1.807) is 18.2 Å². The van der Waals surface area contributed by atoms with E-state index in [1.807, 2.05) is 26.0 Å². The summed E-state index contributed by atoms with van der Waals surface area (Å²) < 4.78 is 25.2. The Morgan fingerprint density at radius 2 is 1.86 bits per heavy atom. The van der Waals surface area contributed by atoms with Gasteiger partial charge in [0.1, 0.15) is 11.3 Å². The zero-order chi connectivity index (χ0) is 20.5. The average molecular weight is 391 g/mol. The molecule has 0 atom stereocenters. The van der Waals surface area contributed by atoms with E-state index in [1.165, 1.54) is 24.3 Å². The second kappa shape index (κ2) is 7.39. The molecule has 0 aliphatic heterocycles. The lowest BCUT2D eigenvalue weighted by molar-refractivity contribution is -0.118. The summed E-state index contributed by atoms with van der Waals surface area (Å²) in [5.74, 6) is -0.330. The van der Waals surface area contributed by atoms with Crippen LogP contribution in [0.2, 0.25) is 0 Å². The SMILES string of the molecule is Cc1cccc(OCC(=O)Nc2ccc3c(=O)c4cccc(F)c4oc3c2)c1C. The van der Waals surface area contributed by atoms with Gasteiger partial charge in [0.05, 0.1) is 10.8 Å². The molecule has 1 N–H and O–H groups in total. The van der Waals surface area contributed by atoms with Crippen molar-refractivity contribution in [1.29, 1.82) is 0 Å². The summed E-state index contributed by atoms with van der Waals surface area (Å²) in [6.07, 6.45) is 0. The van der Waals surface area contributed by atoms with Crippen LogP contribution in [-0.2, 0) is 4.79 Å². The Kier molecular flexibility index (Phi) is 4.76. The van der Waals surface area contributed by atoms with Gasteiger partial charge in [-0.25, -0.2) is 4.39 Å². The topological polar surface area (TPSA) is 68.5 Å². The molecule has 0 radical (unpaired) electrons. The summed E-state index contributed by atoms with van der Waals surface area (Å²) in [5, 5.41) is 3.19. The van der Waals surface area contributed by atoms with Crippen molar-refractivity contribution < 1.29 is 18.3 Å². The van der Waals surface area contributed by atoms with E-state index in [0.717, 1.165) is 11.1 Å². The van der Waals surface area contributed by atoms with Gasteiger partial charge in [-0.15, -0.1) is 0 Å². The fourth-order valence-corrected chi connectivity index (χ4v) is 3.14. The van der Waals surface area contributed by atoms with Crippen LogP contribution in [0.3, 0.4) is 0 Å². The average Bonchev–Trinajstić information content (AvgIpc) is 2.70. The van der Waals surface area contributed by atoms with Crippen molar-refractivity contribution in [2.24, 2.45) is 0 Å². The molecule has 0 spiro atoms. The summed E-state index contributed by atoms with van der Waals surface area (Å²) >= 11 is 0. The summed E-state index contributed by atoms with van der Waals surface area (Å²) in [7, 11) is 0. The summed E-state index contributed by atoms with van der Waals surface area (Å²) in [6, 6.07) is 14.5. The van der Waals surface area contributed by atoms with Crippen LogP contribution in [0.5, 0.6) is 5.75 Å². The van der Waals surface area contributed by atoms with Crippen molar-refractivity contribution in [3.05, 3.63) is 81.8 Å². The molecule has 0 saturated heterocycles. The predicted octanol–water partition coefficient (Wildman–Crippen LogP) is 4.72. The number of fused-ring (bicyclic) bond motifs is 2. The van der Waals surface area contributed by atoms with Crippen LogP contribution in [0.25, 0.3) is 21.9 Å². The first-order valence-electron chi connectivity index (χ1n) is 9.08. The van der Waals surface area contributed by atoms with Gasteiger partial charge in [-0.05, 0) is 55.3 Å². The van der Waals surface area contributed by atoms with Crippen LogP contribution in [0.4, 0.5) is 10.1 Å². The molecule has 1 aromatic heterocycles. The van der Waals surface area contributed by atoms with Gasteiger partial charge < -0.3 is 14.5 Å². The fourth-order valence-electron chi connectivity index (χ4n) is 3.14. The maximum atomic E-state index is 14.0. The third-order valence-corrected chi connectivity index (χ3v) is 4.85. The Hall–Kier alpha value is -3.67. The van der Waals surface area contributed by atoms with E-state index < -0.39 is 5.82 Å². The van der Waals surface area contributed by atoms with E-state index in [2.05, 4.69) is 5.32 Å². The van der Waals surface area contributed by atoms with Crippen molar-refractivity contribution >= 4 is 33.5 Å². The molecule has 5 nitrogen and oxygen atoms in total. The molecule has 0 aliphatic carbocycles. The summed E-state index contributed by atoms with van der Waals surface area (Å²) in [4.78, 5) is 24.8. The minimum absolute atomic E-state index is 0.105. The van der Waals surface area contributed by atoms with Crippen molar-refractivity contribution in [1.82, 2.24) is 0 Å². The van der Waals surface area contributed by atoms with Crippen molar-refractivity contribution in [3.8, 4) is 5.75 Å². The number of carbonyl (C=O) groups is 1. The third kappa shape index (κ3) is 3.57. The molecule has 0 saturated carbocycles. The number of carbonyl (C=O) groups excluding carboxylic acids is 1. The van der Waals surface area contributed by atoms with Crippen molar-refractivity contribution in [2.45, 2.75) is 13.8 Å². The largest absolute Gasteiger partial charge is 0.483 e. The monoisotopic (exact) mass is 391 g/mol. The molecule has 4 aromatic rings. The van der Waals surface area contributed by atoms with Gasteiger partial charge in [0, 0.05) is 11.8 Å². The number of halogens is 1. The lowest BCUT2D eigenvalue weighted by Crippen LogP contribution is -2.20. The van der Waals surface area contributed by atoms with Gasteiger partial charge in [-0.3, -0.25) is 9.59 Å². The number of amides is 1. The van der Waals surface area contributed by atoms with Crippen LogP contribution >= 0.6 is 0 Å². The van der Waals surface area contributed by atoms with Crippen LogP contribution < -0.4 is 15.5 Å². The minimum Gasteiger partial charge on any atom is -0.483 e. The normalized spacial score (nSPS) is 11.0. The summed E-state index contributed by atoms with van der Waals surface area (Å²) in [6.45, 7) is 3.73. The molecule has 0 unspecified atom stereocenters. The number of para-hydroxylation sites is 1. The predicted molar refractivity (Wildman–Crippen MR) is 110 cm³/mol. The van der Waals surface area contributed by atoms with Gasteiger partial charge in [0.15, 0.2) is 18.0 Å². The Labute approximate surface area is 165 Å². The van der Waals surface area contributed by atoms with Crippen molar-refractivity contribution in [2.75, 3.05) is 11.9 Å². The van der Waals surface area contributed by atoms with E-state index >= 15 is 0 Å². The van der Waals surface area contributed by atoms with Crippen LogP contribution in [-0.4, -0.2) is 12.5 Å². The maximum absolute atomic E-state index is 14.0. The molecule has 0 bridgehead atoms. The van der Waals surface area contributed by atoms with Gasteiger partial charge >= 0.3 is 0 Å². The Morgan fingerprint density at radius 3 is 2.69 bits per heavy atom. The standard InChI is InChI=1S/C23H18FNO4/c1-13-5-3-8-19(14(13)2)28-12-21(26)25-15-9-10-16-20(11-15)29-23-17(22(16)27)6-4-7-18(23)24/h3-11H,12H2,1-2H3,(H,25,26). The van der Waals surface area contributed by atoms with Crippen LogP contribution in [0, 0.1) is 19.7 Å². The number of benzene rings is 3. The second-order valence-corrected chi connectivity index (χ2v) is 6.79. The first kappa shape index (κ1) is 18.7. The highest BCUT2D eigenvalue weighted by Crippen LogP contribution is 2.24. The summed E-state index contributed by atoms with van der Waals surface area (Å²) in [5.41, 5.74) is 2.24. The van der Waals surface area contributed by atoms with E-state index in [0.29, 0.717) is 16.8 Å². The number of hydrogen-bond donors (Lipinski definition) is 1. The second-order valence-electron chi connectivity index (χ2n) is 6.79. The molecular formula is C23H18FNO4. The fraction of sp³-hybridized carbons (Fsp3) is 0.130. The first-order chi connectivity index (χ1) is 13.9. The Morgan fingerprint density at radius 1 is 1.07 bits per heavy atom. The molecule has 1 heterocycles. The molecular weight excluding hydrogens is 373 g/mol.